The molecule has 7 nitrogen and oxygen atoms in total. The number of nitrogens with zero attached hydrogens (tertiary/aromatic N) is 1. The fourth-order valence-corrected chi connectivity index (χ4v) is 4.05. The zero-order valence-electron chi connectivity index (χ0n) is 13.8. The van der Waals surface area contributed by atoms with Gasteiger partial charge in [-0.2, -0.15) is 0 Å². The van der Waals surface area contributed by atoms with E-state index >= 15 is 0 Å². The second-order valence-corrected chi connectivity index (χ2v) is 8.54. The summed E-state index contributed by atoms with van der Waals surface area (Å²) in [5, 5.41) is 6.62. The van der Waals surface area contributed by atoms with E-state index in [1.54, 1.807) is 7.05 Å². The van der Waals surface area contributed by atoms with Crippen LogP contribution in [0.2, 0.25) is 0 Å². The van der Waals surface area contributed by atoms with E-state index in [9.17, 15) is 8.42 Å². The Morgan fingerprint density at radius 1 is 1.36 bits per heavy atom. The third kappa shape index (κ3) is 3.91. The van der Waals surface area contributed by atoms with Crippen LogP contribution < -0.4 is 15.4 Å². The zero-order chi connectivity index (χ0) is 16.4. The molecule has 1 aliphatic carbocycles. The third-order valence-electron chi connectivity index (χ3n) is 4.63. The van der Waals surface area contributed by atoms with E-state index in [0.717, 1.165) is 19.3 Å². The quantitative estimate of drug-likeness (QED) is 0.372. The molecular formula is C14H28N4O3S. The van der Waals surface area contributed by atoms with Crippen LogP contribution in [0.15, 0.2) is 4.99 Å². The fourth-order valence-electron chi connectivity index (χ4n) is 3.57. The first kappa shape index (κ1) is 17.5. The van der Waals surface area contributed by atoms with Crippen LogP contribution in [0.25, 0.3) is 0 Å². The minimum Gasteiger partial charge on any atom is -0.377 e. The van der Waals surface area contributed by atoms with E-state index in [0.29, 0.717) is 37.1 Å². The van der Waals surface area contributed by atoms with Crippen LogP contribution in [0.1, 0.15) is 26.7 Å². The summed E-state index contributed by atoms with van der Waals surface area (Å²) in [6.45, 7) is 6.12. The fraction of sp³-hybridized carbons (Fsp3) is 0.929. The average Bonchev–Trinajstić information content (AvgIpc) is 2.45. The predicted octanol–water partition coefficient (Wildman–Crippen LogP) is -0.0958. The summed E-state index contributed by atoms with van der Waals surface area (Å²) in [5.41, 5.74) is 0.0771. The van der Waals surface area contributed by atoms with Crippen molar-refractivity contribution in [3.8, 4) is 0 Å². The van der Waals surface area contributed by atoms with Crippen molar-refractivity contribution in [2.24, 2.45) is 16.3 Å². The molecular weight excluding hydrogens is 304 g/mol. The highest BCUT2D eigenvalue weighted by atomic mass is 32.2. The van der Waals surface area contributed by atoms with Gasteiger partial charge >= 0.3 is 0 Å². The van der Waals surface area contributed by atoms with Gasteiger partial charge in [0.25, 0.3) is 0 Å². The molecule has 0 aromatic carbocycles. The number of rotatable bonds is 5. The van der Waals surface area contributed by atoms with Gasteiger partial charge < -0.3 is 15.4 Å². The molecule has 128 valence electrons. The lowest BCUT2D eigenvalue weighted by Gasteiger charge is -2.60. The van der Waals surface area contributed by atoms with Crippen molar-refractivity contribution in [1.82, 2.24) is 15.4 Å². The standard InChI is InChI=1S/C14H28N4O3S/c1-14(2)11(10-6-5-9-21-12(10)14)18-13(15-3)16-7-8-17-22(4,19)20/h10-12,17H,5-9H2,1-4H3,(H2,15,16,18). The molecule has 8 heteroatoms. The second-order valence-electron chi connectivity index (χ2n) is 6.71. The molecule has 3 N–H and O–H groups in total. The Morgan fingerprint density at radius 2 is 2.09 bits per heavy atom. The minimum absolute atomic E-state index is 0.0771. The Hall–Kier alpha value is -0.860. The number of hydrogen-bond acceptors (Lipinski definition) is 4. The van der Waals surface area contributed by atoms with Gasteiger partial charge in [0.1, 0.15) is 0 Å². The lowest BCUT2D eigenvalue weighted by Crippen LogP contribution is -2.71. The van der Waals surface area contributed by atoms with Gasteiger partial charge in [-0.25, -0.2) is 13.1 Å². The maximum atomic E-state index is 11.0. The van der Waals surface area contributed by atoms with Gasteiger partial charge in [0.2, 0.25) is 10.0 Å². The maximum absolute atomic E-state index is 11.0. The SMILES string of the molecule is CN=C(NCCNS(C)(=O)=O)NC1C2CCCOC2C1(C)C. The van der Waals surface area contributed by atoms with Crippen molar-refractivity contribution in [2.45, 2.75) is 38.8 Å². The number of ether oxygens (including phenoxy) is 1. The molecule has 2 rings (SSSR count). The van der Waals surface area contributed by atoms with E-state index in [1.807, 2.05) is 0 Å². The minimum atomic E-state index is -3.15. The Balaban J connectivity index is 1.83. The molecule has 0 spiro atoms. The highest BCUT2D eigenvalue weighted by Gasteiger charge is 2.58. The third-order valence-corrected chi connectivity index (χ3v) is 5.36. The number of fused-ring (bicyclic) bond motifs is 1. The van der Waals surface area contributed by atoms with Crippen molar-refractivity contribution < 1.29 is 13.2 Å². The second kappa shape index (κ2) is 6.72. The zero-order valence-corrected chi connectivity index (χ0v) is 14.7. The highest BCUT2D eigenvalue weighted by molar-refractivity contribution is 7.88. The summed E-state index contributed by atoms with van der Waals surface area (Å²) in [7, 11) is -1.42. The van der Waals surface area contributed by atoms with Crippen LogP contribution in [-0.4, -0.2) is 59.5 Å². The van der Waals surface area contributed by atoms with Crippen LogP contribution >= 0.6 is 0 Å². The Kier molecular flexibility index (Phi) is 5.34. The molecule has 1 saturated carbocycles. The van der Waals surface area contributed by atoms with Crippen molar-refractivity contribution >= 4 is 16.0 Å². The van der Waals surface area contributed by atoms with Crippen LogP contribution in [0.4, 0.5) is 0 Å². The first-order chi connectivity index (χ1) is 10.3. The van der Waals surface area contributed by atoms with Gasteiger partial charge in [0.15, 0.2) is 5.96 Å². The van der Waals surface area contributed by atoms with Gasteiger partial charge in [-0.3, -0.25) is 4.99 Å². The molecule has 1 aliphatic heterocycles. The maximum Gasteiger partial charge on any atom is 0.208 e. The highest BCUT2D eigenvalue weighted by Crippen LogP contribution is 2.51. The van der Waals surface area contributed by atoms with Gasteiger partial charge in [-0.05, 0) is 12.8 Å². The van der Waals surface area contributed by atoms with E-state index in [1.165, 1.54) is 6.42 Å². The molecule has 0 radical (unpaired) electrons. The molecule has 3 unspecified atom stereocenters. The molecule has 0 amide bonds. The lowest BCUT2D eigenvalue weighted by atomic mass is 9.55. The number of sulfonamides is 1. The summed E-state index contributed by atoms with van der Waals surface area (Å²) in [6, 6.07) is 0.326. The van der Waals surface area contributed by atoms with Crippen LogP contribution in [0.5, 0.6) is 0 Å². The summed E-state index contributed by atoms with van der Waals surface area (Å²) in [4.78, 5) is 4.22. The smallest absolute Gasteiger partial charge is 0.208 e. The molecule has 2 fully saturated rings. The predicted molar refractivity (Wildman–Crippen MR) is 87.4 cm³/mol. The molecule has 3 atom stereocenters. The molecule has 0 aromatic heterocycles. The summed E-state index contributed by atoms with van der Waals surface area (Å²) >= 11 is 0. The van der Waals surface area contributed by atoms with Crippen molar-refractivity contribution in [2.75, 3.05) is 33.0 Å². The Bertz CT molecular complexity index is 518. The number of aliphatic imine (C=N–C) groups is 1. The molecule has 1 saturated heterocycles. The number of guanidine groups is 1. The van der Waals surface area contributed by atoms with Crippen LogP contribution in [0.3, 0.4) is 0 Å². The van der Waals surface area contributed by atoms with E-state index in [2.05, 4.69) is 34.2 Å². The molecule has 1 heterocycles. The average molecular weight is 332 g/mol. The topological polar surface area (TPSA) is 91.8 Å². The van der Waals surface area contributed by atoms with Crippen LogP contribution in [-0.2, 0) is 14.8 Å². The number of hydrogen-bond donors (Lipinski definition) is 3. The van der Waals surface area contributed by atoms with Gasteiger partial charge in [0, 0.05) is 44.1 Å². The normalized spacial score (nSPS) is 31.1. The first-order valence-electron chi connectivity index (χ1n) is 7.79. The Labute approximate surface area is 133 Å². The van der Waals surface area contributed by atoms with Crippen molar-refractivity contribution in [3.63, 3.8) is 0 Å². The molecule has 0 aromatic rings. The van der Waals surface area contributed by atoms with E-state index < -0.39 is 10.0 Å². The van der Waals surface area contributed by atoms with Crippen molar-refractivity contribution in [3.05, 3.63) is 0 Å². The van der Waals surface area contributed by atoms with E-state index in [-0.39, 0.29) is 5.41 Å². The summed E-state index contributed by atoms with van der Waals surface area (Å²) in [6.07, 6.45) is 3.77. The summed E-state index contributed by atoms with van der Waals surface area (Å²) < 4.78 is 30.4. The van der Waals surface area contributed by atoms with Crippen molar-refractivity contribution in [1.29, 1.82) is 0 Å². The van der Waals surface area contributed by atoms with E-state index in [4.69, 9.17) is 4.74 Å². The van der Waals surface area contributed by atoms with Gasteiger partial charge in [0.05, 0.1) is 12.4 Å². The first-order valence-corrected chi connectivity index (χ1v) is 9.68. The molecule has 22 heavy (non-hydrogen) atoms. The monoisotopic (exact) mass is 332 g/mol. The largest absolute Gasteiger partial charge is 0.377 e. The van der Waals surface area contributed by atoms with Gasteiger partial charge in [-0.15, -0.1) is 0 Å². The Morgan fingerprint density at radius 3 is 2.73 bits per heavy atom. The van der Waals surface area contributed by atoms with Crippen LogP contribution in [0, 0.1) is 11.3 Å². The lowest BCUT2D eigenvalue weighted by molar-refractivity contribution is -0.188. The number of nitrogens with one attached hydrogen (secondary N) is 3. The molecule has 0 bridgehead atoms. The molecule has 2 aliphatic rings. The summed E-state index contributed by atoms with van der Waals surface area (Å²) in [5.74, 6) is 1.23. The van der Waals surface area contributed by atoms with Gasteiger partial charge in [-0.1, -0.05) is 13.8 Å².